The minimum Gasteiger partial charge on any atom is -0.288 e. The van der Waals surface area contributed by atoms with Crippen LogP contribution in [0.5, 0.6) is 0 Å². The van der Waals surface area contributed by atoms with E-state index in [1.54, 1.807) is 30.7 Å². The number of ketones is 2. The van der Waals surface area contributed by atoms with Gasteiger partial charge >= 0.3 is 0 Å². The Bertz CT molecular complexity index is 549. The van der Waals surface area contributed by atoms with Crippen molar-refractivity contribution in [1.82, 2.24) is 0 Å². The average molecular weight is 285 g/mol. The van der Waals surface area contributed by atoms with Gasteiger partial charge in [-0.2, -0.15) is 0 Å². The van der Waals surface area contributed by atoms with Crippen LogP contribution in [0.3, 0.4) is 0 Å². The SMILES string of the molecule is CSC1=C(SC)C(=O)c2cc(Cl)ccc2C1=O. The molecule has 0 heterocycles. The zero-order chi connectivity index (χ0) is 12.6. The number of allylic oxidation sites excluding steroid dienone is 2. The molecule has 0 saturated carbocycles. The van der Waals surface area contributed by atoms with E-state index in [1.807, 2.05) is 0 Å². The maximum absolute atomic E-state index is 12.2. The van der Waals surface area contributed by atoms with Crippen LogP contribution in [0, 0.1) is 0 Å². The van der Waals surface area contributed by atoms with Gasteiger partial charge in [0.25, 0.3) is 0 Å². The quantitative estimate of drug-likeness (QED) is 0.830. The number of thioether (sulfide) groups is 2. The van der Waals surface area contributed by atoms with Crippen molar-refractivity contribution in [2.45, 2.75) is 0 Å². The van der Waals surface area contributed by atoms with Gasteiger partial charge in [-0.3, -0.25) is 9.59 Å². The summed E-state index contributed by atoms with van der Waals surface area (Å²) in [6.45, 7) is 0. The fourth-order valence-corrected chi connectivity index (χ4v) is 3.54. The van der Waals surface area contributed by atoms with Crippen molar-refractivity contribution in [3.63, 3.8) is 0 Å². The number of Topliss-reactive ketones (excluding diaryl/α,β-unsaturated/α-hetero) is 2. The van der Waals surface area contributed by atoms with E-state index in [1.165, 1.54) is 23.5 Å². The van der Waals surface area contributed by atoms with E-state index in [-0.39, 0.29) is 11.6 Å². The number of rotatable bonds is 2. The third-order valence-electron chi connectivity index (χ3n) is 2.50. The minimum absolute atomic E-state index is 0.0897. The van der Waals surface area contributed by atoms with Gasteiger partial charge in [-0.05, 0) is 30.7 Å². The molecule has 0 amide bonds. The molecule has 0 aromatic heterocycles. The third kappa shape index (κ3) is 2.05. The van der Waals surface area contributed by atoms with Crippen LogP contribution < -0.4 is 0 Å². The first kappa shape index (κ1) is 12.7. The fraction of sp³-hybridized carbons (Fsp3) is 0.167. The predicted octanol–water partition coefficient (Wildman–Crippen LogP) is 3.66. The normalized spacial score (nSPS) is 15.2. The van der Waals surface area contributed by atoms with Gasteiger partial charge in [0.1, 0.15) is 0 Å². The Labute approximate surface area is 113 Å². The smallest absolute Gasteiger partial charge is 0.201 e. The number of halogens is 1. The monoisotopic (exact) mass is 284 g/mol. The van der Waals surface area contributed by atoms with Gasteiger partial charge in [0.2, 0.25) is 11.6 Å². The number of hydrogen-bond donors (Lipinski definition) is 0. The van der Waals surface area contributed by atoms with Crippen molar-refractivity contribution in [2.24, 2.45) is 0 Å². The Balaban J connectivity index is 2.68. The van der Waals surface area contributed by atoms with Gasteiger partial charge in [-0.15, -0.1) is 23.5 Å². The Morgan fingerprint density at radius 3 is 2.00 bits per heavy atom. The minimum atomic E-state index is -0.112. The molecule has 2 nitrogen and oxygen atoms in total. The highest BCUT2D eigenvalue weighted by Crippen LogP contribution is 2.36. The molecular formula is C12H9ClO2S2. The van der Waals surface area contributed by atoms with E-state index in [0.29, 0.717) is 26.0 Å². The standard InChI is InChI=1S/C12H9ClO2S2/c1-16-11-9(14)7-4-3-6(13)5-8(7)10(15)12(11)17-2/h3-5H,1-2H3. The van der Waals surface area contributed by atoms with Crippen LogP contribution in [0.4, 0.5) is 0 Å². The molecule has 0 unspecified atom stereocenters. The second-order valence-corrected chi connectivity index (χ2v) is 5.48. The second kappa shape index (κ2) is 4.88. The summed E-state index contributed by atoms with van der Waals surface area (Å²) in [5, 5.41) is 0.470. The lowest BCUT2D eigenvalue weighted by atomic mass is 9.94. The molecule has 17 heavy (non-hydrogen) atoms. The third-order valence-corrected chi connectivity index (χ3v) is 4.46. The van der Waals surface area contributed by atoms with Gasteiger partial charge in [0.05, 0.1) is 9.81 Å². The van der Waals surface area contributed by atoms with E-state index in [0.717, 1.165) is 0 Å². The second-order valence-electron chi connectivity index (χ2n) is 3.41. The summed E-state index contributed by atoms with van der Waals surface area (Å²) in [6.07, 6.45) is 3.60. The molecule has 0 saturated heterocycles. The molecule has 1 aromatic carbocycles. The fourth-order valence-electron chi connectivity index (χ4n) is 1.72. The molecule has 1 aromatic rings. The van der Waals surface area contributed by atoms with Crippen molar-refractivity contribution >= 4 is 46.7 Å². The number of carbonyl (C=O) groups is 2. The highest BCUT2D eigenvalue weighted by molar-refractivity contribution is 8.07. The van der Waals surface area contributed by atoms with Gasteiger partial charge in [-0.1, -0.05) is 11.6 Å². The van der Waals surface area contributed by atoms with Crippen molar-refractivity contribution < 1.29 is 9.59 Å². The molecule has 0 bridgehead atoms. The van der Waals surface area contributed by atoms with Crippen LogP contribution in [0.2, 0.25) is 5.02 Å². The van der Waals surface area contributed by atoms with Gasteiger partial charge in [0.15, 0.2) is 0 Å². The highest BCUT2D eigenvalue weighted by Gasteiger charge is 2.31. The Kier molecular flexibility index (Phi) is 3.66. The summed E-state index contributed by atoms with van der Waals surface area (Å²) in [6, 6.07) is 4.81. The van der Waals surface area contributed by atoms with Gasteiger partial charge < -0.3 is 0 Å². The molecule has 2 rings (SSSR count). The number of fused-ring (bicyclic) bond motifs is 1. The van der Waals surface area contributed by atoms with Crippen LogP contribution in [0.15, 0.2) is 28.0 Å². The van der Waals surface area contributed by atoms with Crippen molar-refractivity contribution in [1.29, 1.82) is 0 Å². The van der Waals surface area contributed by atoms with Gasteiger partial charge in [-0.25, -0.2) is 0 Å². The van der Waals surface area contributed by atoms with Crippen LogP contribution in [-0.4, -0.2) is 24.1 Å². The molecule has 0 fully saturated rings. The first-order valence-corrected chi connectivity index (χ1v) is 7.64. The van der Waals surface area contributed by atoms with Crippen molar-refractivity contribution in [3.05, 3.63) is 44.2 Å². The van der Waals surface area contributed by atoms with E-state index in [4.69, 9.17) is 11.6 Å². The van der Waals surface area contributed by atoms with E-state index in [2.05, 4.69) is 0 Å². The molecule has 1 aliphatic rings. The molecule has 1 aliphatic carbocycles. The molecule has 0 N–H and O–H groups in total. The summed E-state index contributed by atoms with van der Waals surface area (Å²) in [5.41, 5.74) is 0.853. The molecular weight excluding hydrogens is 276 g/mol. The lowest BCUT2D eigenvalue weighted by Crippen LogP contribution is -2.19. The zero-order valence-electron chi connectivity index (χ0n) is 9.24. The molecule has 5 heteroatoms. The van der Waals surface area contributed by atoms with Crippen LogP contribution in [0.1, 0.15) is 20.7 Å². The summed E-state index contributed by atoms with van der Waals surface area (Å²) in [4.78, 5) is 25.4. The van der Waals surface area contributed by atoms with Crippen molar-refractivity contribution in [3.8, 4) is 0 Å². The summed E-state index contributed by atoms with van der Waals surface area (Å²) >= 11 is 8.48. The lowest BCUT2D eigenvalue weighted by Gasteiger charge is -2.18. The number of carbonyl (C=O) groups excluding carboxylic acids is 2. The maximum Gasteiger partial charge on any atom is 0.201 e. The Morgan fingerprint density at radius 1 is 0.941 bits per heavy atom. The highest BCUT2D eigenvalue weighted by atomic mass is 35.5. The molecule has 0 aliphatic heterocycles. The number of benzene rings is 1. The van der Waals surface area contributed by atoms with Gasteiger partial charge in [0, 0.05) is 16.1 Å². The topological polar surface area (TPSA) is 34.1 Å². The maximum atomic E-state index is 12.2. The van der Waals surface area contributed by atoms with E-state index < -0.39 is 0 Å². The van der Waals surface area contributed by atoms with Crippen LogP contribution in [-0.2, 0) is 0 Å². The van der Waals surface area contributed by atoms with Crippen LogP contribution >= 0.6 is 35.1 Å². The Hall–Kier alpha value is -0.710. The predicted molar refractivity (Wildman–Crippen MR) is 74.2 cm³/mol. The Morgan fingerprint density at radius 2 is 1.47 bits per heavy atom. The first-order chi connectivity index (χ1) is 8.10. The summed E-state index contributed by atoms with van der Waals surface area (Å²) in [5.74, 6) is -0.202. The average Bonchev–Trinajstić information content (AvgIpc) is 2.33. The van der Waals surface area contributed by atoms with E-state index in [9.17, 15) is 9.59 Å². The van der Waals surface area contributed by atoms with E-state index >= 15 is 0 Å². The summed E-state index contributed by atoms with van der Waals surface area (Å²) in [7, 11) is 0. The largest absolute Gasteiger partial charge is 0.288 e. The first-order valence-electron chi connectivity index (χ1n) is 4.81. The summed E-state index contributed by atoms with van der Waals surface area (Å²) < 4.78 is 0. The molecule has 0 radical (unpaired) electrons. The number of hydrogen-bond acceptors (Lipinski definition) is 4. The molecule has 88 valence electrons. The lowest BCUT2D eigenvalue weighted by molar-refractivity contribution is 0.0988. The van der Waals surface area contributed by atoms with Crippen molar-refractivity contribution in [2.75, 3.05) is 12.5 Å². The molecule has 0 atom stereocenters. The van der Waals surface area contributed by atoms with Crippen LogP contribution in [0.25, 0.3) is 0 Å². The zero-order valence-corrected chi connectivity index (χ0v) is 11.6. The molecule has 0 spiro atoms.